The van der Waals surface area contributed by atoms with E-state index in [0.717, 1.165) is 0 Å². The summed E-state index contributed by atoms with van der Waals surface area (Å²) in [5.41, 5.74) is 6.09. The van der Waals surface area contributed by atoms with E-state index in [9.17, 15) is 0 Å². The topological polar surface area (TPSA) is 64.9 Å². The number of nitrogens with two attached hydrogens (primary N) is 1. The summed E-state index contributed by atoms with van der Waals surface area (Å²) in [6.45, 7) is 1.80. The molecule has 1 aromatic rings. The normalized spacial score (nSPS) is 21.0. The van der Waals surface area contributed by atoms with Crippen molar-refractivity contribution >= 4 is 0 Å². The maximum atomic E-state index is 6.09. The van der Waals surface area contributed by atoms with Crippen molar-refractivity contribution in [1.29, 1.82) is 0 Å². The van der Waals surface area contributed by atoms with Gasteiger partial charge >= 0.3 is 0 Å². The lowest BCUT2D eigenvalue weighted by Crippen LogP contribution is -2.23. The van der Waals surface area contributed by atoms with Gasteiger partial charge in [-0.3, -0.25) is 0 Å². The summed E-state index contributed by atoms with van der Waals surface area (Å²) in [6, 6.07) is -0.0588. The molecule has 14 heavy (non-hydrogen) atoms. The summed E-state index contributed by atoms with van der Waals surface area (Å²) in [6.07, 6.45) is 6.30. The van der Waals surface area contributed by atoms with Crippen molar-refractivity contribution < 1.29 is 4.42 Å². The van der Waals surface area contributed by atoms with E-state index in [4.69, 9.17) is 10.2 Å². The van der Waals surface area contributed by atoms with Crippen molar-refractivity contribution in [2.75, 3.05) is 0 Å². The van der Waals surface area contributed by atoms with Crippen LogP contribution in [0.5, 0.6) is 0 Å². The molecule has 4 heteroatoms. The molecule has 1 unspecified atom stereocenters. The highest BCUT2D eigenvalue weighted by atomic mass is 16.4. The van der Waals surface area contributed by atoms with Gasteiger partial charge < -0.3 is 10.2 Å². The number of aromatic nitrogens is 2. The van der Waals surface area contributed by atoms with Crippen LogP contribution in [0.15, 0.2) is 4.42 Å². The average molecular weight is 195 g/mol. The second-order valence-corrected chi connectivity index (χ2v) is 4.08. The summed E-state index contributed by atoms with van der Waals surface area (Å²) < 4.78 is 5.35. The Balaban J connectivity index is 2.03. The fraction of sp³-hybridized carbons (Fsp3) is 0.800. The van der Waals surface area contributed by atoms with Crippen LogP contribution in [0.25, 0.3) is 0 Å². The number of rotatable bonds is 2. The van der Waals surface area contributed by atoms with Crippen molar-refractivity contribution in [2.24, 2.45) is 11.7 Å². The molecule has 0 aliphatic heterocycles. The van der Waals surface area contributed by atoms with Gasteiger partial charge in [0, 0.05) is 6.92 Å². The molecule has 78 valence electrons. The standard InChI is InChI=1S/C10H17N3O/c1-7-12-13-10(14-7)9(11)8-5-3-2-4-6-8/h8-9H,2-6,11H2,1H3. The summed E-state index contributed by atoms with van der Waals surface area (Å²) >= 11 is 0. The molecule has 1 aromatic heterocycles. The molecule has 0 saturated heterocycles. The van der Waals surface area contributed by atoms with Crippen LogP contribution in [-0.4, -0.2) is 10.2 Å². The Morgan fingerprint density at radius 1 is 1.29 bits per heavy atom. The van der Waals surface area contributed by atoms with E-state index in [1.54, 1.807) is 6.92 Å². The van der Waals surface area contributed by atoms with Crippen LogP contribution in [0.1, 0.15) is 49.9 Å². The van der Waals surface area contributed by atoms with E-state index < -0.39 is 0 Å². The van der Waals surface area contributed by atoms with E-state index in [1.807, 2.05) is 0 Å². The molecule has 0 aromatic carbocycles. The highest BCUT2D eigenvalue weighted by Crippen LogP contribution is 2.32. The van der Waals surface area contributed by atoms with Gasteiger partial charge in [-0.25, -0.2) is 0 Å². The van der Waals surface area contributed by atoms with Gasteiger partial charge in [0.25, 0.3) is 0 Å². The minimum Gasteiger partial charge on any atom is -0.424 e. The number of hydrogen-bond acceptors (Lipinski definition) is 4. The lowest BCUT2D eigenvalue weighted by molar-refractivity contribution is 0.272. The number of nitrogens with zero attached hydrogens (tertiary/aromatic N) is 2. The van der Waals surface area contributed by atoms with Crippen molar-refractivity contribution in [3.05, 3.63) is 11.8 Å². The van der Waals surface area contributed by atoms with E-state index in [1.165, 1.54) is 32.1 Å². The SMILES string of the molecule is Cc1nnc(C(N)C2CCCCC2)o1. The third-order valence-corrected chi connectivity index (χ3v) is 2.98. The zero-order chi connectivity index (χ0) is 9.97. The second-order valence-electron chi connectivity index (χ2n) is 4.08. The first-order valence-corrected chi connectivity index (χ1v) is 5.33. The highest BCUT2D eigenvalue weighted by Gasteiger charge is 2.25. The Bertz CT molecular complexity index is 291. The van der Waals surface area contributed by atoms with E-state index in [0.29, 0.717) is 17.7 Å². The predicted octanol–water partition coefficient (Wildman–Crippen LogP) is 1.96. The van der Waals surface area contributed by atoms with Gasteiger partial charge in [0.15, 0.2) is 0 Å². The Morgan fingerprint density at radius 3 is 2.57 bits per heavy atom. The van der Waals surface area contributed by atoms with Gasteiger partial charge in [0.1, 0.15) is 0 Å². The Morgan fingerprint density at radius 2 is 2.00 bits per heavy atom. The Kier molecular flexibility index (Phi) is 2.82. The monoisotopic (exact) mass is 195 g/mol. The van der Waals surface area contributed by atoms with E-state index >= 15 is 0 Å². The van der Waals surface area contributed by atoms with Crippen LogP contribution in [0.4, 0.5) is 0 Å². The molecule has 4 nitrogen and oxygen atoms in total. The molecule has 1 fully saturated rings. The fourth-order valence-corrected chi connectivity index (χ4v) is 2.14. The lowest BCUT2D eigenvalue weighted by atomic mass is 9.84. The molecule has 0 radical (unpaired) electrons. The van der Waals surface area contributed by atoms with Crippen LogP contribution >= 0.6 is 0 Å². The van der Waals surface area contributed by atoms with Crippen molar-refractivity contribution in [1.82, 2.24) is 10.2 Å². The molecule has 1 heterocycles. The van der Waals surface area contributed by atoms with Gasteiger partial charge in [-0.2, -0.15) is 0 Å². The van der Waals surface area contributed by atoms with E-state index in [-0.39, 0.29) is 6.04 Å². The number of aryl methyl sites for hydroxylation is 1. The first-order valence-electron chi connectivity index (χ1n) is 5.33. The van der Waals surface area contributed by atoms with Gasteiger partial charge in [-0.05, 0) is 18.8 Å². The molecule has 1 aliphatic rings. The maximum Gasteiger partial charge on any atom is 0.233 e. The van der Waals surface area contributed by atoms with Crippen molar-refractivity contribution in [2.45, 2.75) is 45.1 Å². The maximum absolute atomic E-state index is 6.09. The quantitative estimate of drug-likeness (QED) is 0.783. The molecule has 2 N–H and O–H groups in total. The molecule has 2 rings (SSSR count). The zero-order valence-corrected chi connectivity index (χ0v) is 8.57. The molecule has 1 atom stereocenters. The largest absolute Gasteiger partial charge is 0.424 e. The molecular weight excluding hydrogens is 178 g/mol. The van der Waals surface area contributed by atoms with Gasteiger partial charge in [0.2, 0.25) is 11.8 Å². The fourth-order valence-electron chi connectivity index (χ4n) is 2.14. The molecule has 0 bridgehead atoms. The molecule has 1 saturated carbocycles. The molecule has 0 spiro atoms. The van der Waals surface area contributed by atoms with Crippen LogP contribution in [0.3, 0.4) is 0 Å². The second kappa shape index (κ2) is 4.09. The molecule has 1 aliphatic carbocycles. The minimum atomic E-state index is -0.0588. The average Bonchev–Trinajstić information content (AvgIpc) is 2.65. The van der Waals surface area contributed by atoms with Crippen LogP contribution in [0, 0.1) is 12.8 Å². The van der Waals surface area contributed by atoms with Gasteiger partial charge in [0.05, 0.1) is 6.04 Å². The Hall–Kier alpha value is -0.900. The lowest BCUT2D eigenvalue weighted by Gasteiger charge is -2.24. The highest BCUT2D eigenvalue weighted by molar-refractivity contribution is 4.91. The van der Waals surface area contributed by atoms with Crippen molar-refractivity contribution in [3.63, 3.8) is 0 Å². The van der Waals surface area contributed by atoms with E-state index in [2.05, 4.69) is 10.2 Å². The summed E-state index contributed by atoms with van der Waals surface area (Å²) in [4.78, 5) is 0. The first kappa shape index (κ1) is 9.65. The van der Waals surface area contributed by atoms with Crippen LogP contribution < -0.4 is 5.73 Å². The Labute approximate surface area is 83.9 Å². The van der Waals surface area contributed by atoms with Crippen LogP contribution in [0.2, 0.25) is 0 Å². The summed E-state index contributed by atoms with van der Waals surface area (Å²) in [5, 5.41) is 7.79. The number of hydrogen-bond donors (Lipinski definition) is 1. The third kappa shape index (κ3) is 1.95. The zero-order valence-electron chi connectivity index (χ0n) is 8.57. The summed E-state index contributed by atoms with van der Waals surface area (Å²) in [5.74, 6) is 1.74. The van der Waals surface area contributed by atoms with Gasteiger partial charge in [-0.1, -0.05) is 19.3 Å². The van der Waals surface area contributed by atoms with Crippen molar-refractivity contribution in [3.8, 4) is 0 Å². The van der Waals surface area contributed by atoms with Crippen LogP contribution in [-0.2, 0) is 0 Å². The minimum absolute atomic E-state index is 0.0588. The molecule has 0 amide bonds. The summed E-state index contributed by atoms with van der Waals surface area (Å²) in [7, 11) is 0. The molecular formula is C10H17N3O. The smallest absolute Gasteiger partial charge is 0.233 e. The first-order chi connectivity index (χ1) is 6.77. The van der Waals surface area contributed by atoms with Gasteiger partial charge in [-0.15, -0.1) is 10.2 Å². The predicted molar refractivity (Wildman–Crippen MR) is 52.5 cm³/mol. The third-order valence-electron chi connectivity index (χ3n) is 2.98.